The fourth-order valence-electron chi connectivity index (χ4n) is 13.2. The standard InChI is InChI=1S/C43H50O12/c1-18-31(19(2)44)36(47)34-24(35(18)46)11-20(40(50)51)12-30(34)53-41-37(48)38(49)43-15-26-25-14-42(9-3-4-10-42)13-21-16-52-17-27(32(21)25)22-5-6-23(33(22)26)29(55-43)8-7-28(45)39(43)54-41/h5,11-12,21,25-29,32,37-39,41,45-49H,3-4,6-10,13-17H2,1-2H3,(H,50,51)/t21-,25-,26-,27+,28-,29-,32+,37+,38+,39+,41+,43-/m0/s1. The van der Waals surface area contributed by atoms with Gasteiger partial charge in [-0.15, -0.1) is 0 Å². The van der Waals surface area contributed by atoms with Gasteiger partial charge in [-0.2, -0.15) is 0 Å². The van der Waals surface area contributed by atoms with Crippen LogP contribution in [0.15, 0.2) is 34.9 Å². The summed E-state index contributed by atoms with van der Waals surface area (Å²) in [5.41, 5.74) is 2.27. The fourth-order valence-corrected chi connectivity index (χ4v) is 13.2. The Hall–Kier alpha value is -3.52. The SMILES string of the molecule is CC(=O)c1c(C)c(O)c2cc(C(=O)O)cc(O[C@@H]3O[C@@H]4[C@@H](O)CC[C@@H]5O[C@@]4(C[C@@H]4C6=C5CC=C6[C@H]5COC[C@@H]6CC7(CCCC7)C[C@@H]4[C@@H]65)[C@H](O)[C@H]3O)c2c1O. The van der Waals surface area contributed by atoms with Gasteiger partial charge in [0.15, 0.2) is 5.78 Å². The lowest BCUT2D eigenvalue weighted by atomic mass is 9.48. The number of carbonyl (C=O) groups excluding carboxylic acids is 1. The van der Waals surface area contributed by atoms with E-state index >= 15 is 0 Å². The van der Waals surface area contributed by atoms with Crippen LogP contribution in [0.1, 0.15) is 97.4 Å². The third-order valence-electron chi connectivity index (χ3n) is 15.3. The molecule has 4 aliphatic heterocycles. The predicted octanol–water partition coefficient (Wildman–Crippen LogP) is 5.07. The first-order valence-electron chi connectivity index (χ1n) is 20.1. The third kappa shape index (κ3) is 5.04. The molecule has 3 saturated heterocycles. The molecule has 0 radical (unpaired) electrons. The Morgan fingerprint density at radius 3 is 2.49 bits per heavy atom. The lowest BCUT2D eigenvalue weighted by Crippen LogP contribution is -2.71. The van der Waals surface area contributed by atoms with E-state index in [1.54, 1.807) is 0 Å². The molecule has 294 valence electrons. The zero-order valence-electron chi connectivity index (χ0n) is 31.2. The number of rotatable bonds is 4. The topological polar surface area (TPSA) is 192 Å². The number of Topliss-reactive ketones (excluding diaryl/α,β-unsaturated/α-hetero) is 1. The molecular weight excluding hydrogens is 708 g/mol. The van der Waals surface area contributed by atoms with Gasteiger partial charge in [0.2, 0.25) is 6.29 Å². The van der Waals surface area contributed by atoms with Gasteiger partial charge in [0.05, 0.1) is 35.3 Å². The molecule has 12 heteroatoms. The van der Waals surface area contributed by atoms with Crippen molar-refractivity contribution in [1.29, 1.82) is 0 Å². The molecule has 2 bridgehead atoms. The molecule has 55 heavy (non-hydrogen) atoms. The van der Waals surface area contributed by atoms with E-state index in [9.17, 15) is 40.2 Å². The summed E-state index contributed by atoms with van der Waals surface area (Å²) < 4.78 is 26.3. The van der Waals surface area contributed by atoms with Crippen LogP contribution in [0.3, 0.4) is 0 Å². The molecule has 2 spiro atoms. The lowest BCUT2D eigenvalue weighted by Gasteiger charge is -2.59. The van der Waals surface area contributed by atoms with Crippen molar-refractivity contribution in [3.05, 3.63) is 51.6 Å². The fraction of sp³-hybridized carbons (Fsp3) is 0.628. The summed E-state index contributed by atoms with van der Waals surface area (Å²) in [5, 5.41) is 68.7. The van der Waals surface area contributed by atoms with Crippen LogP contribution in [-0.4, -0.2) is 98.0 Å². The molecule has 12 atom stereocenters. The molecule has 6 N–H and O–H groups in total. The van der Waals surface area contributed by atoms with Crippen LogP contribution in [0, 0.1) is 41.9 Å². The normalized spacial score (nSPS) is 39.8. The van der Waals surface area contributed by atoms with Gasteiger partial charge in [-0.3, -0.25) is 4.79 Å². The number of hydrogen-bond acceptors (Lipinski definition) is 11. The van der Waals surface area contributed by atoms with E-state index < -0.39 is 65.7 Å². The number of aromatic carboxylic acids is 1. The van der Waals surface area contributed by atoms with Crippen molar-refractivity contribution in [3.8, 4) is 17.2 Å². The zero-order chi connectivity index (χ0) is 38.3. The summed E-state index contributed by atoms with van der Waals surface area (Å²) in [6.45, 7) is 4.14. The smallest absolute Gasteiger partial charge is 0.335 e. The number of carbonyl (C=O) groups is 2. The number of phenols is 2. The van der Waals surface area contributed by atoms with Crippen molar-refractivity contribution in [2.75, 3.05) is 13.2 Å². The molecule has 6 fully saturated rings. The van der Waals surface area contributed by atoms with Gasteiger partial charge in [-0.25, -0.2) is 4.79 Å². The molecule has 4 heterocycles. The maximum Gasteiger partial charge on any atom is 0.335 e. The number of carboxylic acids is 1. The number of aliphatic hydroxyl groups is 3. The summed E-state index contributed by atoms with van der Waals surface area (Å²) in [6.07, 6.45) is 3.85. The molecule has 2 aromatic carbocycles. The second-order valence-corrected chi connectivity index (χ2v) is 18.0. The Balaban J connectivity index is 1.06. The Kier molecular flexibility index (Phi) is 8.14. The van der Waals surface area contributed by atoms with Crippen LogP contribution in [0.5, 0.6) is 17.2 Å². The lowest BCUT2D eigenvalue weighted by molar-refractivity contribution is -0.336. The Morgan fingerprint density at radius 1 is 0.964 bits per heavy atom. The molecule has 4 aliphatic carbocycles. The van der Waals surface area contributed by atoms with Crippen LogP contribution < -0.4 is 4.74 Å². The highest BCUT2D eigenvalue weighted by Crippen LogP contribution is 2.67. The number of aliphatic hydroxyl groups excluding tert-OH is 3. The number of ether oxygens (including phenoxy) is 4. The van der Waals surface area contributed by atoms with Gasteiger partial charge in [0, 0.05) is 23.5 Å². The van der Waals surface area contributed by atoms with Crippen molar-refractivity contribution in [2.24, 2.45) is 35.0 Å². The molecule has 12 nitrogen and oxygen atoms in total. The number of aromatic hydroxyl groups is 2. The predicted molar refractivity (Wildman–Crippen MR) is 196 cm³/mol. The van der Waals surface area contributed by atoms with E-state index in [4.69, 9.17) is 18.9 Å². The number of phenolic OH excluding ortho intramolecular Hbond substituents is 2. The first kappa shape index (κ1) is 35.9. The number of carboxylic acid groups (broad SMARTS) is 1. The first-order chi connectivity index (χ1) is 26.3. The summed E-state index contributed by atoms with van der Waals surface area (Å²) in [5.74, 6) is -1.58. The summed E-state index contributed by atoms with van der Waals surface area (Å²) in [4.78, 5) is 24.9. The van der Waals surface area contributed by atoms with Gasteiger partial charge >= 0.3 is 5.97 Å². The average molecular weight is 759 g/mol. The van der Waals surface area contributed by atoms with E-state index in [1.165, 1.54) is 68.7 Å². The summed E-state index contributed by atoms with van der Waals surface area (Å²) in [7, 11) is 0. The van der Waals surface area contributed by atoms with Crippen LogP contribution >= 0.6 is 0 Å². The third-order valence-corrected chi connectivity index (χ3v) is 15.3. The molecule has 10 rings (SSSR count). The summed E-state index contributed by atoms with van der Waals surface area (Å²) >= 11 is 0. The van der Waals surface area contributed by atoms with Crippen LogP contribution in [-0.2, 0) is 14.2 Å². The minimum atomic E-state index is -1.73. The Morgan fingerprint density at radius 2 is 1.75 bits per heavy atom. The number of allylic oxidation sites excluding steroid dienone is 2. The van der Waals surface area contributed by atoms with E-state index in [0.717, 1.165) is 25.5 Å². The molecular formula is C43H50O12. The van der Waals surface area contributed by atoms with E-state index in [1.807, 2.05) is 0 Å². The monoisotopic (exact) mass is 758 g/mol. The Labute approximate surface area is 318 Å². The highest BCUT2D eigenvalue weighted by molar-refractivity contribution is 6.11. The quantitative estimate of drug-likeness (QED) is 0.179. The van der Waals surface area contributed by atoms with Crippen LogP contribution in [0.25, 0.3) is 10.8 Å². The van der Waals surface area contributed by atoms with Gasteiger partial charge < -0.3 is 49.6 Å². The molecule has 8 aliphatic rings. The maximum atomic E-state index is 12.6. The molecule has 0 amide bonds. The maximum absolute atomic E-state index is 12.6. The van der Waals surface area contributed by atoms with E-state index in [2.05, 4.69) is 6.08 Å². The van der Waals surface area contributed by atoms with Crippen LogP contribution in [0.4, 0.5) is 0 Å². The van der Waals surface area contributed by atoms with Gasteiger partial charge in [0.1, 0.15) is 41.2 Å². The molecule has 0 unspecified atom stereocenters. The van der Waals surface area contributed by atoms with E-state index in [0.29, 0.717) is 49.5 Å². The van der Waals surface area contributed by atoms with Crippen molar-refractivity contribution in [2.45, 2.75) is 120 Å². The van der Waals surface area contributed by atoms with Gasteiger partial charge in [-0.1, -0.05) is 18.9 Å². The van der Waals surface area contributed by atoms with Crippen molar-refractivity contribution < 1.29 is 59.2 Å². The minimum Gasteiger partial charge on any atom is -0.507 e. The first-order valence-corrected chi connectivity index (χ1v) is 20.1. The van der Waals surface area contributed by atoms with Gasteiger partial charge in [0.25, 0.3) is 0 Å². The summed E-state index contributed by atoms with van der Waals surface area (Å²) in [6, 6.07) is 2.28. The van der Waals surface area contributed by atoms with Gasteiger partial charge in [-0.05, 0) is 123 Å². The van der Waals surface area contributed by atoms with Crippen LogP contribution in [0.2, 0.25) is 0 Å². The van der Waals surface area contributed by atoms with Crippen molar-refractivity contribution in [3.63, 3.8) is 0 Å². The molecule has 3 saturated carbocycles. The zero-order valence-corrected chi connectivity index (χ0v) is 31.2. The highest BCUT2D eigenvalue weighted by atomic mass is 16.7. The second kappa shape index (κ2) is 12.5. The highest BCUT2D eigenvalue weighted by Gasteiger charge is 2.66. The number of hydrogen-bond donors (Lipinski definition) is 6. The number of benzene rings is 2. The second-order valence-electron chi connectivity index (χ2n) is 18.0. The number of ketones is 1. The largest absolute Gasteiger partial charge is 0.507 e. The van der Waals surface area contributed by atoms with Crippen molar-refractivity contribution >= 4 is 22.5 Å². The van der Waals surface area contributed by atoms with E-state index in [-0.39, 0.29) is 44.5 Å². The average Bonchev–Trinajstić information content (AvgIpc) is 3.74. The minimum absolute atomic E-state index is 0.0217. The Bertz CT molecular complexity index is 2060. The number of fused-ring (bicyclic) bond motifs is 5. The molecule has 0 aromatic heterocycles. The van der Waals surface area contributed by atoms with Crippen molar-refractivity contribution in [1.82, 2.24) is 0 Å². The molecule has 2 aromatic rings.